The van der Waals surface area contributed by atoms with Crippen LogP contribution >= 0.6 is 0 Å². The van der Waals surface area contributed by atoms with Crippen molar-refractivity contribution in [3.8, 4) is 0 Å². The molecule has 5 nitrogen and oxygen atoms in total. The van der Waals surface area contributed by atoms with Crippen LogP contribution in [0.3, 0.4) is 0 Å². The number of halogens is 3. The Labute approximate surface area is 158 Å². The van der Waals surface area contributed by atoms with E-state index in [9.17, 15) is 23.1 Å². The Bertz CT molecular complexity index is 1090. The molecule has 0 unspecified atom stereocenters. The van der Waals surface area contributed by atoms with Gasteiger partial charge in [-0.05, 0) is 30.3 Å². The number of benzene rings is 2. The molecule has 0 saturated heterocycles. The van der Waals surface area contributed by atoms with Crippen molar-refractivity contribution in [3.63, 3.8) is 0 Å². The molecule has 0 fully saturated rings. The molecule has 2 aromatic carbocycles. The van der Waals surface area contributed by atoms with Gasteiger partial charge in [-0.15, -0.1) is 0 Å². The second-order valence-corrected chi connectivity index (χ2v) is 6.55. The molecular formula is C20H16F3N3O2. The molecule has 0 saturated carbocycles. The number of hydrogen-bond acceptors (Lipinski definition) is 3. The van der Waals surface area contributed by atoms with Crippen LogP contribution in [0.5, 0.6) is 0 Å². The van der Waals surface area contributed by atoms with Gasteiger partial charge in [0, 0.05) is 24.2 Å². The van der Waals surface area contributed by atoms with Gasteiger partial charge in [-0.1, -0.05) is 18.2 Å². The Morgan fingerprint density at radius 3 is 2.64 bits per heavy atom. The number of allylic oxidation sites excluding steroid dienone is 1. The van der Waals surface area contributed by atoms with E-state index in [1.54, 1.807) is 28.8 Å². The van der Waals surface area contributed by atoms with Gasteiger partial charge in [0.05, 0.1) is 23.0 Å². The number of para-hydroxylation sites is 1. The first-order chi connectivity index (χ1) is 13.3. The number of carbonyl (C=O) groups is 1. The monoisotopic (exact) mass is 387 g/mol. The zero-order chi connectivity index (χ0) is 19.9. The number of amides is 1. The second kappa shape index (κ2) is 6.70. The van der Waals surface area contributed by atoms with Gasteiger partial charge in [-0.2, -0.15) is 13.2 Å². The highest BCUT2D eigenvalue weighted by molar-refractivity contribution is 5.98. The lowest BCUT2D eigenvalue weighted by atomic mass is 10.0. The molecule has 0 atom stereocenters. The molecule has 0 bridgehead atoms. The Hall–Kier alpha value is -3.29. The van der Waals surface area contributed by atoms with Crippen LogP contribution in [-0.2, 0) is 17.5 Å². The first-order valence-corrected chi connectivity index (χ1v) is 8.66. The Balaban J connectivity index is 1.67. The zero-order valence-corrected chi connectivity index (χ0v) is 14.6. The summed E-state index contributed by atoms with van der Waals surface area (Å²) < 4.78 is 40.7. The molecule has 1 amide bonds. The molecule has 1 aliphatic rings. The van der Waals surface area contributed by atoms with E-state index in [1.807, 2.05) is 6.07 Å². The summed E-state index contributed by atoms with van der Waals surface area (Å²) in [6.45, 7) is 0.382. The van der Waals surface area contributed by atoms with Gasteiger partial charge < -0.3 is 15.0 Å². The minimum absolute atomic E-state index is 0.0297. The molecule has 28 heavy (non-hydrogen) atoms. The van der Waals surface area contributed by atoms with E-state index in [0.29, 0.717) is 29.1 Å². The first-order valence-electron chi connectivity index (χ1n) is 8.66. The topological polar surface area (TPSA) is 67.1 Å². The molecule has 0 aliphatic carbocycles. The van der Waals surface area contributed by atoms with Crippen molar-refractivity contribution in [3.05, 3.63) is 65.7 Å². The number of hydrogen-bond donors (Lipinski definition) is 2. The van der Waals surface area contributed by atoms with Crippen molar-refractivity contribution in [1.82, 2.24) is 9.55 Å². The number of aryl methyl sites for hydroxylation is 1. The minimum atomic E-state index is -4.46. The number of rotatable bonds is 3. The number of alkyl halides is 3. The van der Waals surface area contributed by atoms with Crippen LogP contribution in [0, 0.1) is 0 Å². The van der Waals surface area contributed by atoms with Crippen LogP contribution < -0.4 is 5.32 Å². The number of anilines is 1. The molecule has 1 aromatic heterocycles. The summed E-state index contributed by atoms with van der Waals surface area (Å²) in [6.07, 6.45) is -4.31. The van der Waals surface area contributed by atoms with Gasteiger partial charge in [-0.25, -0.2) is 4.98 Å². The maximum absolute atomic E-state index is 13.0. The Kier molecular flexibility index (Phi) is 4.33. The first kappa shape index (κ1) is 18.1. The Morgan fingerprint density at radius 1 is 1.18 bits per heavy atom. The SMILES string of the molecule is O=C(CC1=C(O)CCn2c1nc1cc(C(F)(F)F)ccc12)Nc1ccccc1. The standard InChI is InChI=1S/C20H16F3N3O2/c21-20(22,23)12-6-7-16-15(10-12)25-19-14(17(27)8-9-26(16)19)11-18(28)24-13-4-2-1-3-5-13/h1-7,10,27H,8-9,11H2,(H,24,28). The number of imidazole rings is 1. The molecule has 8 heteroatoms. The molecule has 0 spiro atoms. The molecule has 2 N–H and O–H groups in total. The van der Waals surface area contributed by atoms with Crippen molar-refractivity contribution < 1.29 is 23.1 Å². The summed E-state index contributed by atoms with van der Waals surface area (Å²) in [7, 11) is 0. The van der Waals surface area contributed by atoms with Crippen molar-refractivity contribution in [2.24, 2.45) is 0 Å². The summed E-state index contributed by atoms with van der Waals surface area (Å²) in [5.41, 5.74) is 0.875. The average molecular weight is 387 g/mol. The summed E-state index contributed by atoms with van der Waals surface area (Å²) in [4.78, 5) is 16.7. The largest absolute Gasteiger partial charge is 0.512 e. The molecule has 4 rings (SSSR count). The summed E-state index contributed by atoms with van der Waals surface area (Å²) in [5.74, 6) is 0.00702. The number of aliphatic hydroxyl groups excluding tert-OH is 1. The van der Waals surface area contributed by atoms with Gasteiger partial charge in [0.1, 0.15) is 11.6 Å². The summed E-state index contributed by atoms with van der Waals surface area (Å²) in [5, 5.41) is 13.0. The van der Waals surface area contributed by atoms with E-state index in [2.05, 4.69) is 10.3 Å². The summed E-state index contributed by atoms with van der Waals surface area (Å²) >= 11 is 0. The van der Waals surface area contributed by atoms with Crippen LogP contribution in [0.25, 0.3) is 16.6 Å². The van der Waals surface area contributed by atoms with Crippen LogP contribution in [0.4, 0.5) is 18.9 Å². The van der Waals surface area contributed by atoms with E-state index in [0.717, 1.165) is 12.1 Å². The van der Waals surface area contributed by atoms with Gasteiger partial charge in [0.2, 0.25) is 5.91 Å². The number of fused-ring (bicyclic) bond motifs is 3. The predicted molar refractivity (Wildman–Crippen MR) is 98.6 cm³/mol. The van der Waals surface area contributed by atoms with Crippen LogP contribution in [-0.4, -0.2) is 20.6 Å². The fraction of sp³-hybridized carbons (Fsp3) is 0.200. The molecule has 144 valence electrons. The van der Waals surface area contributed by atoms with E-state index >= 15 is 0 Å². The second-order valence-electron chi connectivity index (χ2n) is 6.55. The lowest BCUT2D eigenvalue weighted by Gasteiger charge is -2.19. The highest BCUT2D eigenvalue weighted by Gasteiger charge is 2.32. The minimum Gasteiger partial charge on any atom is -0.512 e. The zero-order valence-electron chi connectivity index (χ0n) is 14.6. The highest BCUT2D eigenvalue weighted by atomic mass is 19.4. The Morgan fingerprint density at radius 2 is 1.93 bits per heavy atom. The number of nitrogens with one attached hydrogen (secondary N) is 1. The van der Waals surface area contributed by atoms with E-state index < -0.39 is 11.7 Å². The fourth-order valence-electron chi connectivity index (χ4n) is 3.33. The molecule has 0 radical (unpaired) electrons. The number of carbonyl (C=O) groups excluding carboxylic acids is 1. The van der Waals surface area contributed by atoms with Gasteiger partial charge >= 0.3 is 6.18 Å². The van der Waals surface area contributed by atoms with Crippen molar-refractivity contribution in [2.45, 2.75) is 25.6 Å². The lowest BCUT2D eigenvalue weighted by Crippen LogP contribution is -2.18. The van der Waals surface area contributed by atoms with Crippen molar-refractivity contribution >= 4 is 28.2 Å². The normalized spacial score (nSPS) is 14.2. The van der Waals surface area contributed by atoms with Gasteiger partial charge in [0.25, 0.3) is 0 Å². The van der Waals surface area contributed by atoms with Crippen LogP contribution in [0.1, 0.15) is 24.2 Å². The van der Waals surface area contributed by atoms with E-state index in [1.165, 1.54) is 6.07 Å². The maximum atomic E-state index is 13.0. The van der Waals surface area contributed by atoms with Gasteiger partial charge in [0.15, 0.2) is 0 Å². The third kappa shape index (κ3) is 3.33. The fourth-order valence-corrected chi connectivity index (χ4v) is 3.33. The van der Waals surface area contributed by atoms with Crippen molar-refractivity contribution in [1.29, 1.82) is 0 Å². The lowest BCUT2D eigenvalue weighted by molar-refractivity contribution is -0.137. The molecular weight excluding hydrogens is 371 g/mol. The number of aromatic nitrogens is 2. The quantitative estimate of drug-likeness (QED) is 0.681. The molecule has 3 aromatic rings. The van der Waals surface area contributed by atoms with Gasteiger partial charge in [-0.3, -0.25) is 4.79 Å². The summed E-state index contributed by atoms with van der Waals surface area (Å²) in [6, 6.07) is 12.2. The van der Waals surface area contributed by atoms with Crippen LogP contribution in [0.2, 0.25) is 0 Å². The highest BCUT2D eigenvalue weighted by Crippen LogP contribution is 2.35. The predicted octanol–water partition coefficient (Wildman–Crippen LogP) is 4.76. The molecule has 1 aliphatic heterocycles. The van der Waals surface area contributed by atoms with E-state index in [4.69, 9.17) is 0 Å². The maximum Gasteiger partial charge on any atom is 0.416 e. The average Bonchev–Trinajstić information content (AvgIpc) is 3.02. The third-order valence-corrected chi connectivity index (χ3v) is 4.66. The van der Waals surface area contributed by atoms with Crippen LogP contribution in [0.15, 0.2) is 54.3 Å². The van der Waals surface area contributed by atoms with Crippen molar-refractivity contribution in [2.75, 3.05) is 5.32 Å². The third-order valence-electron chi connectivity index (χ3n) is 4.66. The van der Waals surface area contributed by atoms with E-state index in [-0.39, 0.29) is 30.0 Å². The number of nitrogens with zero attached hydrogens (tertiary/aromatic N) is 2. The smallest absolute Gasteiger partial charge is 0.416 e. The number of aliphatic hydroxyl groups is 1. The molecule has 2 heterocycles.